The van der Waals surface area contributed by atoms with E-state index in [4.69, 9.17) is 0 Å². The molecule has 1 aromatic heterocycles. The lowest BCUT2D eigenvalue weighted by Crippen LogP contribution is -2.30. The number of anilines is 1. The molecule has 1 amide bonds. The second kappa shape index (κ2) is 6.36. The van der Waals surface area contributed by atoms with Gasteiger partial charge >= 0.3 is 0 Å². The predicted molar refractivity (Wildman–Crippen MR) is 102 cm³/mol. The van der Waals surface area contributed by atoms with Crippen LogP contribution in [0.3, 0.4) is 0 Å². The first-order valence-corrected chi connectivity index (χ1v) is 8.32. The van der Waals surface area contributed by atoms with Crippen molar-refractivity contribution in [3.05, 3.63) is 83.6 Å². The van der Waals surface area contributed by atoms with Gasteiger partial charge in [0.1, 0.15) is 5.82 Å². The molecule has 0 N–H and O–H groups in total. The summed E-state index contributed by atoms with van der Waals surface area (Å²) in [6, 6.07) is 20.6. The standard InChI is InChI=1S/C22H18N2O/c1-16(25)24-15-21-14-20(17-6-3-2-4-7-17)12-10-18(21)9-11-19-8-5-13-23-22(19)24/h2-14H,15H2,1H3. The van der Waals surface area contributed by atoms with Crippen LogP contribution in [0.1, 0.15) is 23.6 Å². The Balaban J connectivity index is 1.84. The summed E-state index contributed by atoms with van der Waals surface area (Å²) in [6.45, 7) is 2.10. The summed E-state index contributed by atoms with van der Waals surface area (Å²) in [6.07, 6.45) is 5.85. The van der Waals surface area contributed by atoms with Crippen LogP contribution in [0, 0.1) is 0 Å². The number of nitrogens with zero attached hydrogens (tertiary/aromatic N) is 2. The Morgan fingerprint density at radius 2 is 1.72 bits per heavy atom. The zero-order valence-corrected chi connectivity index (χ0v) is 14.0. The van der Waals surface area contributed by atoms with Crippen LogP contribution in [0.25, 0.3) is 23.3 Å². The number of carbonyl (C=O) groups is 1. The van der Waals surface area contributed by atoms with Crippen LogP contribution in [0.4, 0.5) is 5.82 Å². The molecule has 3 aromatic rings. The Labute approximate surface area is 147 Å². The average Bonchev–Trinajstić information content (AvgIpc) is 2.64. The first kappa shape index (κ1) is 15.3. The Morgan fingerprint density at radius 3 is 2.52 bits per heavy atom. The summed E-state index contributed by atoms with van der Waals surface area (Å²) < 4.78 is 0. The molecule has 1 aliphatic rings. The van der Waals surface area contributed by atoms with Crippen LogP contribution in [0.2, 0.25) is 0 Å². The van der Waals surface area contributed by atoms with Gasteiger partial charge in [0.2, 0.25) is 5.91 Å². The minimum absolute atomic E-state index is 0.00804. The third-order valence-electron chi connectivity index (χ3n) is 4.47. The molecular weight excluding hydrogens is 308 g/mol. The van der Waals surface area contributed by atoms with Gasteiger partial charge < -0.3 is 0 Å². The largest absolute Gasteiger partial charge is 0.292 e. The highest BCUT2D eigenvalue weighted by Crippen LogP contribution is 2.29. The SMILES string of the molecule is CC(=O)N1Cc2cc(-c3ccccc3)ccc2C=Cc2cccnc21. The molecule has 0 spiro atoms. The molecule has 2 heterocycles. The Bertz CT molecular complexity index is 961. The second-order valence-corrected chi connectivity index (χ2v) is 6.13. The van der Waals surface area contributed by atoms with Crippen LogP contribution in [0.15, 0.2) is 66.9 Å². The molecule has 0 aliphatic carbocycles. The monoisotopic (exact) mass is 326 g/mol. The fourth-order valence-electron chi connectivity index (χ4n) is 3.17. The number of benzene rings is 2. The van der Waals surface area contributed by atoms with Gasteiger partial charge in [-0.1, -0.05) is 54.6 Å². The average molecular weight is 326 g/mol. The third-order valence-corrected chi connectivity index (χ3v) is 4.47. The number of amides is 1. The molecule has 3 nitrogen and oxygen atoms in total. The van der Waals surface area contributed by atoms with Crippen LogP contribution in [0.5, 0.6) is 0 Å². The van der Waals surface area contributed by atoms with Crippen molar-refractivity contribution in [2.45, 2.75) is 13.5 Å². The molecule has 2 aromatic carbocycles. The van der Waals surface area contributed by atoms with Gasteiger partial charge in [-0.3, -0.25) is 9.69 Å². The van der Waals surface area contributed by atoms with Crippen molar-refractivity contribution in [3.63, 3.8) is 0 Å². The van der Waals surface area contributed by atoms with Crippen LogP contribution < -0.4 is 4.90 Å². The van der Waals surface area contributed by atoms with Gasteiger partial charge in [-0.05, 0) is 40.5 Å². The van der Waals surface area contributed by atoms with Gasteiger partial charge in [0.15, 0.2) is 0 Å². The van der Waals surface area contributed by atoms with Gasteiger partial charge in [-0.25, -0.2) is 4.98 Å². The molecule has 0 fully saturated rings. The molecule has 0 saturated carbocycles. The number of fused-ring (bicyclic) bond motifs is 2. The number of rotatable bonds is 1. The van der Waals surface area contributed by atoms with Crippen molar-refractivity contribution in [2.75, 3.05) is 4.90 Å². The lowest BCUT2D eigenvalue weighted by molar-refractivity contribution is -0.116. The maximum absolute atomic E-state index is 12.3. The van der Waals surface area contributed by atoms with Crippen molar-refractivity contribution in [1.82, 2.24) is 4.98 Å². The quantitative estimate of drug-likeness (QED) is 0.644. The van der Waals surface area contributed by atoms with E-state index in [1.807, 2.05) is 36.4 Å². The van der Waals surface area contributed by atoms with Crippen molar-refractivity contribution >= 4 is 23.9 Å². The molecule has 0 atom stereocenters. The number of pyridine rings is 1. The highest BCUT2D eigenvalue weighted by molar-refractivity contribution is 5.94. The van der Waals surface area contributed by atoms with Gasteiger partial charge in [0, 0.05) is 18.7 Å². The molecule has 0 unspecified atom stereocenters. The predicted octanol–water partition coefficient (Wildman–Crippen LogP) is 4.79. The van der Waals surface area contributed by atoms with E-state index in [9.17, 15) is 4.79 Å². The van der Waals surface area contributed by atoms with E-state index in [0.29, 0.717) is 12.4 Å². The Kier molecular flexibility index (Phi) is 3.90. The zero-order valence-electron chi connectivity index (χ0n) is 14.0. The van der Waals surface area contributed by atoms with Gasteiger partial charge in [-0.15, -0.1) is 0 Å². The van der Waals surface area contributed by atoms with E-state index < -0.39 is 0 Å². The summed E-state index contributed by atoms with van der Waals surface area (Å²) >= 11 is 0. The molecule has 0 saturated heterocycles. The molecule has 0 radical (unpaired) electrons. The summed E-state index contributed by atoms with van der Waals surface area (Å²) in [7, 11) is 0. The smallest absolute Gasteiger partial charge is 0.225 e. The third kappa shape index (κ3) is 2.96. The molecule has 3 heteroatoms. The summed E-state index contributed by atoms with van der Waals surface area (Å²) in [5.41, 5.74) is 5.52. The number of hydrogen-bond donors (Lipinski definition) is 0. The van der Waals surface area contributed by atoms with Gasteiger partial charge in [0.05, 0.1) is 6.54 Å². The van der Waals surface area contributed by atoms with Crippen LogP contribution in [-0.2, 0) is 11.3 Å². The molecular formula is C22H18N2O. The number of carbonyl (C=O) groups excluding carboxylic acids is 1. The first-order chi connectivity index (χ1) is 12.2. The molecule has 1 aliphatic heterocycles. The maximum Gasteiger partial charge on any atom is 0.225 e. The maximum atomic E-state index is 12.3. The first-order valence-electron chi connectivity index (χ1n) is 8.32. The molecule has 25 heavy (non-hydrogen) atoms. The lowest BCUT2D eigenvalue weighted by Gasteiger charge is -2.25. The minimum atomic E-state index is -0.00804. The number of aromatic nitrogens is 1. The van der Waals surface area contributed by atoms with Crippen LogP contribution >= 0.6 is 0 Å². The van der Waals surface area contributed by atoms with Crippen molar-refractivity contribution in [1.29, 1.82) is 0 Å². The normalized spacial score (nSPS) is 12.8. The van der Waals surface area contributed by atoms with E-state index in [0.717, 1.165) is 22.3 Å². The minimum Gasteiger partial charge on any atom is -0.292 e. The summed E-state index contributed by atoms with van der Waals surface area (Å²) in [5.74, 6) is 0.702. The van der Waals surface area contributed by atoms with Crippen molar-refractivity contribution in [3.8, 4) is 11.1 Å². The van der Waals surface area contributed by atoms with Gasteiger partial charge in [-0.2, -0.15) is 0 Å². The van der Waals surface area contributed by atoms with E-state index in [1.165, 1.54) is 5.56 Å². The molecule has 4 rings (SSSR count). The fourth-order valence-corrected chi connectivity index (χ4v) is 3.17. The molecule has 122 valence electrons. The van der Waals surface area contributed by atoms with Crippen molar-refractivity contribution < 1.29 is 4.79 Å². The van der Waals surface area contributed by atoms with E-state index >= 15 is 0 Å². The highest BCUT2D eigenvalue weighted by atomic mass is 16.2. The summed E-state index contributed by atoms with van der Waals surface area (Å²) in [5, 5.41) is 0. The summed E-state index contributed by atoms with van der Waals surface area (Å²) in [4.78, 5) is 18.4. The second-order valence-electron chi connectivity index (χ2n) is 6.13. The van der Waals surface area contributed by atoms with E-state index in [-0.39, 0.29) is 5.91 Å². The van der Waals surface area contributed by atoms with E-state index in [1.54, 1.807) is 18.0 Å². The lowest BCUT2D eigenvalue weighted by atomic mass is 9.97. The Morgan fingerprint density at radius 1 is 0.920 bits per heavy atom. The molecule has 0 bridgehead atoms. The fraction of sp³-hybridized carbons (Fsp3) is 0.0909. The highest BCUT2D eigenvalue weighted by Gasteiger charge is 2.19. The van der Waals surface area contributed by atoms with E-state index in [2.05, 4.69) is 41.4 Å². The zero-order chi connectivity index (χ0) is 17.2. The van der Waals surface area contributed by atoms with Crippen LogP contribution in [-0.4, -0.2) is 10.9 Å². The van der Waals surface area contributed by atoms with Gasteiger partial charge in [0.25, 0.3) is 0 Å². The van der Waals surface area contributed by atoms with Crippen molar-refractivity contribution in [2.24, 2.45) is 0 Å². The Hall–Kier alpha value is -3.20. The number of hydrogen-bond acceptors (Lipinski definition) is 2. The topological polar surface area (TPSA) is 33.2 Å².